The van der Waals surface area contributed by atoms with Gasteiger partial charge in [0.1, 0.15) is 11.4 Å². The minimum atomic E-state index is -0.678. The SMILES string of the molecule is CC(=O)Nc1cc2c(cn1)c(=O)n(C)c1cc(ON(C(=O)OC(C)(C)C)C(C)CC(C)C)ccc21. The minimum Gasteiger partial charge on any atom is -0.442 e. The zero-order valence-corrected chi connectivity index (χ0v) is 21.6. The Bertz CT molecular complexity index is 1320. The van der Waals surface area contributed by atoms with E-state index in [2.05, 4.69) is 24.1 Å². The molecule has 0 bridgehead atoms. The van der Waals surface area contributed by atoms with E-state index >= 15 is 0 Å². The molecule has 188 valence electrons. The number of hydrogen-bond acceptors (Lipinski definition) is 6. The Balaban J connectivity index is 2.08. The lowest BCUT2D eigenvalue weighted by molar-refractivity contribution is -0.114. The number of amides is 2. The van der Waals surface area contributed by atoms with Crippen molar-refractivity contribution in [1.29, 1.82) is 0 Å². The highest BCUT2D eigenvalue weighted by Gasteiger charge is 2.29. The Morgan fingerprint density at radius 3 is 2.40 bits per heavy atom. The number of ether oxygens (including phenoxy) is 1. The highest BCUT2D eigenvalue weighted by atomic mass is 16.7. The number of carbonyl (C=O) groups is 2. The smallest absolute Gasteiger partial charge is 0.442 e. The van der Waals surface area contributed by atoms with Gasteiger partial charge in [0.2, 0.25) is 5.91 Å². The van der Waals surface area contributed by atoms with Gasteiger partial charge < -0.3 is 19.5 Å². The topological polar surface area (TPSA) is 103 Å². The van der Waals surface area contributed by atoms with Crippen molar-refractivity contribution in [2.24, 2.45) is 13.0 Å². The summed E-state index contributed by atoms with van der Waals surface area (Å²) in [6, 6.07) is 6.72. The van der Waals surface area contributed by atoms with Crippen molar-refractivity contribution < 1.29 is 19.2 Å². The van der Waals surface area contributed by atoms with Gasteiger partial charge in [0.15, 0.2) is 5.75 Å². The monoisotopic (exact) mass is 482 g/mol. The first kappa shape index (κ1) is 26.0. The van der Waals surface area contributed by atoms with Gasteiger partial charge in [-0.1, -0.05) is 13.8 Å². The fourth-order valence-electron chi connectivity index (χ4n) is 3.97. The number of benzene rings is 1. The first-order valence-electron chi connectivity index (χ1n) is 11.7. The van der Waals surface area contributed by atoms with Crippen molar-refractivity contribution in [3.05, 3.63) is 40.8 Å². The van der Waals surface area contributed by atoms with Gasteiger partial charge >= 0.3 is 6.09 Å². The molecule has 0 radical (unpaired) electrons. The van der Waals surface area contributed by atoms with E-state index in [-0.39, 0.29) is 17.5 Å². The van der Waals surface area contributed by atoms with Gasteiger partial charge in [-0.2, -0.15) is 0 Å². The van der Waals surface area contributed by atoms with Crippen LogP contribution in [0.5, 0.6) is 5.75 Å². The van der Waals surface area contributed by atoms with Crippen LogP contribution in [-0.2, 0) is 16.6 Å². The van der Waals surface area contributed by atoms with E-state index in [9.17, 15) is 14.4 Å². The van der Waals surface area contributed by atoms with Crippen molar-refractivity contribution in [2.75, 3.05) is 5.32 Å². The molecule has 3 aromatic rings. The average Bonchev–Trinajstić information content (AvgIpc) is 2.73. The molecule has 2 heterocycles. The first-order valence-corrected chi connectivity index (χ1v) is 11.7. The standard InChI is InChI=1S/C26H34N4O5/c1-15(2)11-16(3)30(25(33)34-26(5,6)7)35-18-9-10-19-20-13-23(28-17(4)31)27-14-21(20)24(32)29(8)22(19)12-18/h9-10,12-16H,11H2,1-8H3,(H,27,28,31). The Kier molecular flexibility index (Phi) is 7.38. The van der Waals surface area contributed by atoms with Crippen molar-refractivity contribution in [1.82, 2.24) is 14.6 Å². The number of hydrogen-bond donors (Lipinski definition) is 1. The van der Waals surface area contributed by atoms with Crippen LogP contribution < -0.4 is 15.7 Å². The maximum Gasteiger partial charge on any atom is 0.443 e. The molecule has 0 aliphatic heterocycles. The normalized spacial score (nSPS) is 12.6. The van der Waals surface area contributed by atoms with Gasteiger partial charge in [0.05, 0.1) is 16.9 Å². The summed E-state index contributed by atoms with van der Waals surface area (Å²) in [7, 11) is 1.67. The summed E-state index contributed by atoms with van der Waals surface area (Å²) < 4.78 is 7.09. The van der Waals surface area contributed by atoms with Crippen LogP contribution in [0, 0.1) is 5.92 Å². The molecule has 2 aromatic heterocycles. The molecule has 0 aliphatic carbocycles. The molecule has 0 fully saturated rings. The molecule has 9 heteroatoms. The predicted octanol–water partition coefficient (Wildman–Crippen LogP) is 5.01. The van der Waals surface area contributed by atoms with E-state index in [1.807, 2.05) is 13.0 Å². The summed E-state index contributed by atoms with van der Waals surface area (Å²) in [6.45, 7) is 12.9. The molecular weight excluding hydrogens is 448 g/mol. The average molecular weight is 483 g/mol. The largest absolute Gasteiger partial charge is 0.443 e. The number of fused-ring (bicyclic) bond motifs is 3. The number of carbonyl (C=O) groups excluding carboxylic acids is 2. The summed E-state index contributed by atoms with van der Waals surface area (Å²) in [5.74, 6) is 0.843. The molecule has 35 heavy (non-hydrogen) atoms. The second-order valence-electron chi connectivity index (χ2n) is 10.2. The second kappa shape index (κ2) is 9.93. The molecule has 1 N–H and O–H groups in total. The molecule has 1 atom stereocenters. The minimum absolute atomic E-state index is 0.233. The van der Waals surface area contributed by atoms with Crippen LogP contribution in [0.15, 0.2) is 35.3 Å². The van der Waals surface area contributed by atoms with Gasteiger partial charge in [-0.05, 0) is 58.2 Å². The van der Waals surface area contributed by atoms with Crippen LogP contribution in [0.3, 0.4) is 0 Å². The third-order valence-corrected chi connectivity index (χ3v) is 5.35. The highest BCUT2D eigenvalue weighted by molar-refractivity contribution is 6.07. The van der Waals surface area contributed by atoms with Crippen molar-refractivity contribution in [2.45, 2.75) is 66.5 Å². The number of nitrogens with zero attached hydrogens (tertiary/aromatic N) is 3. The lowest BCUT2D eigenvalue weighted by atomic mass is 10.1. The molecule has 1 aromatic carbocycles. The fraction of sp³-hybridized carbons (Fsp3) is 0.462. The predicted molar refractivity (Wildman–Crippen MR) is 136 cm³/mol. The summed E-state index contributed by atoms with van der Waals surface area (Å²) in [4.78, 5) is 47.7. The van der Waals surface area contributed by atoms with E-state index in [1.54, 1.807) is 46.0 Å². The second-order valence-corrected chi connectivity index (χ2v) is 10.2. The molecule has 9 nitrogen and oxygen atoms in total. The van der Waals surface area contributed by atoms with Crippen LogP contribution in [0.2, 0.25) is 0 Å². The van der Waals surface area contributed by atoms with Gasteiger partial charge in [0.25, 0.3) is 5.56 Å². The maximum atomic E-state index is 13.0. The van der Waals surface area contributed by atoms with E-state index in [0.29, 0.717) is 33.8 Å². The number of aromatic nitrogens is 2. The molecule has 0 saturated carbocycles. The summed E-state index contributed by atoms with van der Waals surface area (Å²) in [5, 5.41) is 5.78. The lowest BCUT2D eigenvalue weighted by Crippen LogP contribution is -2.44. The molecule has 3 rings (SSSR count). The van der Waals surface area contributed by atoms with Gasteiger partial charge in [-0.15, -0.1) is 5.06 Å². The molecular formula is C26H34N4O5. The molecule has 1 unspecified atom stereocenters. The van der Waals surface area contributed by atoms with Crippen molar-refractivity contribution >= 4 is 39.5 Å². The van der Waals surface area contributed by atoms with E-state index in [4.69, 9.17) is 9.57 Å². The molecule has 0 saturated heterocycles. The first-order chi connectivity index (χ1) is 16.3. The lowest BCUT2D eigenvalue weighted by Gasteiger charge is -2.31. The van der Waals surface area contributed by atoms with E-state index in [0.717, 1.165) is 11.8 Å². The zero-order valence-electron chi connectivity index (χ0n) is 21.6. The van der Waals surface area contributed by atoms with Crippen LogP contribution >= 0.6 is 0 Å². The Hall–Kier alpha value is -3.62. The van der Waals surface area contributed by atoms with Gasteiger partial charge in [-0.25, -0.2) is 9.78 Å². The number of rotatable bonds is 6. The number of hydroxylamine groups is 2. The van der Waals surface area contributed by atoms with Crippen LogP contribution in [-0.4, -0.2) is 38.3 Å². The Morgan fingerprint density at radius 1 is 1.11 bits per heavy atom. The third kappa shape index (κ3) is 6.09. The Labute approximate surface area is 205 Å². The number of nitrogens with one attached hydrogen (secondary N) is 1. The van der Waals surface area contributed by atoms with Gasteiger partial charge in [0, 0.05) is 37.0 Å². The molecule has 0 aliphatic rings. The van der Waals surface area contributed by atoms with Crippen LogP contribution in [0.4, 0.5) is 10.6 Å². The number of aryl methyl sites for hydroxylation is 1. The molecule has 0 spiro atoms. The van der Waals surface area contributed by atoms with E-state index in [1.165, 1.54) is 22.8 Å². The zero-order chi connectivity index (χ0) is 26.1. The van der Waals surface area contributed by atoms with Crippen molar-refractivity contribution in [3.63, 3.8) is 0 Å². The third-order valence-electron chi connectivity index (χ3n) is 5.35. The van der Waals surface area contributed by atoms with Crippen LogP contribution in [0.1, 0.15) is 54.9 Å². The van der Waals surface area contributed by atoms with Crippen molar-refractivity contribution in [3.8, 4) is 5.75 Å². The quantitative estimate of drug-likeness (QED) is 0.391. The van der Waals surface area contributed by atoms with Gasteiger partial charge in [-0.3, -0.25) is 9.59 Å². The Morgan fingerprint density at radius 2 is 1.80 bits per heavy atom. The highest BCUT2D eigenvalue weighted by Crippen LogP contribution is 2.28. The maximum absolute atomic E-state index is 13.0. The number of anilines is 1. The summed E-state index contributed by atoms with van der Waals surface area (Å²) in [5.41, 5.74) is -0.299. The van der Waals surface area contributed by atoms with Crippen LogP contribution in [0.25, 0.3) is 21.7 Å². The summed E-state index contributed by atoms with van der Waals surface area (Å²) >= 11 is 0. The fourth-order valence-corrected chi connectivity index (χ4v) is 3.97. The van der Waals surface area contributed by atoms with E-state index < -0.39 is 11.7 Å². The molecule has 2 amide bonds. The summed E-state index contributed by atoms with van der Waals surface area (Å²) in [6.07, 6.45) is 1.60. The number of pyridine rings is 2.